The summed E-state index contributed by atoms with van der Waals surface area (Å²) in [7, 11) is 0. The van der Waals surface area contributed by atoms with Gasteiger partial charge in [0.15, 0.2) is 0 Å². The molecule has 1 aromatic rings. The summed E-state index contributed by atoms with van der Waals surface area (Å²) in [5.74, 6) is -0.739. The van der Waals surface area contributed by atoms with Gasteiger partial charge < -0.3 is 10.4 Å². The maximum absolute atomic E-state index is 12.3. The van der Waals surface area contributed by atoms with Crippen LogP contribution in [0.5, 0.6) is 0 Å². The van der Waals surface area contributed by atoms with E-state index in [9.17, 15) is 19.7 Å². The molecule has 0 aliphatic heterocycles. The summed E-state index contributed by atoms with van der Waals surface area (Å²) in [6, 6.07) is 3.37. The number of carbonyl (C=O) groups is 2. The Hall–Kier alpha value is -2.44. The van der Waals surface area contributed by atoms with Crippen LogP contribution in [0, 0.1) is 22.0 Å². The highest BCUT2D eigenvalue weighted by atomic mass is 16.6. The molecule has 2 N–H and O–H groups in total. The van der Waals surface area contributed by atoms with Gasteiger partial charge in [-0.1, -0.05) is 0 Å². The Morgan fingerprint density at radius 3 is 2.14 bits per heavy atom. The molecular weight excluding hydrogens is 288 g/mol. The first kappa shape index (κ1) is 14.5. The smallest absolute Gasteiger partial charge is 0.335 e. The molecule has 0 unspecified atom stereocenters. The molecule has 116 valence electrons. The van der Waals surface area contributed by atoms with Gasteiger partial charge in [0.1, 0.15) is 0 Å². The van der Waals surface area contributed by atoms with Gasteiger partial charge in [0.2, 0.25) is 0 Å². The van der Waals surface area contributed by atoms with E-state index in [1.165, 1.54) is 6.07 Å². The number of benzene rings is 1. The van der Waals surface area contributed by atoms with Gasteiger partial charge in [-0.25, -0.2) is 4.79 Å². The molecule has 2 aliphatic rings. The third-order valence-electron chi connectivity index (χ3n) is 4.20. The quantitative estimate of drug-likeness (QED) is 0.618. The van der Waals surface area contributed by atoms with Crippen LogP contribution in [-0.2, 0) is 0 Å². The van der Waals surface area contributed by atoms with Crippen molar-refractivity contribution < 1.29 is 19.6 Å². The summed E-state index contributed by atoms with van der Waals surface area (Å²) in [5, 5.41) is 22.8. The SMILES string of the molecule is O=C(O)c1cc(C(=O)NC(C2CC2)C2CC2)cc([N+](=O)[O-])c1. The number of nitrogens with one attached hydrogen (secondary N) is 1. The summed E-state index contributed by atoms with van der Waals surface area (Å²) in [4.78, 5) is 33.6. The molecule has 7 heteroatoms. The first-order valence-corrected chi connectivity index (χ1v) is 7.29. The number of carboxylic acid groups (broad SMARTS) is 1. The Morgan fingerprint density at radius 2 is 1.68 bits per heavy atom. The van der Waals surface area contributed by atoms with Crippen molar-refractivity contribution in [3.8, 4) is 0 Å². The van der Waals surface area contributed by atoms with Crippen molar-refractivity contribution >= 4 is 17.6 Å². The van der Waals surface area contributed by atoms with Crippen molar-refractivity contribution in [2.75, 3.05) is 0 Å². The number of non-ortho nitro benzene ring substituents is 1. The molecule has 0 saturated heterocycles. The van der Waals surface area contributed by atoms with Crippen molar-refractivity contribution in [1.29, 1.82) is 0 Å². The molecule has 0 heterocycles. The Balaban J connectivity index is 1.84. The number of carbonyl (C=O) groups excluding carboxylic acids is 1. The van der Waals surface area contributed by atoms with E-state index < -0.39 is 16.8 Å². The monoisotopic (exact) mass is 304 g/mol. The molecule has 0 aromatic heterocycles. The van der Waals surface area contributed by atoms with Gasteiger partial charge in [0, 0.05) is 23.7 Å². The van der Waals surface area contributed by atoms with E-state index in [1.807, 2.05) is 0 Å². The topological polar surface area (TPSA) is 110 Å². The molecule has 1 amide bonds. The fourth-order valence-corrected chi connectivity index (χ4v) is 2.74. The van der Waals surface area contributed by atoms with Crippen molar-refractivity contribution in [3.63, 3.8) is 0 Å². The second kappa shape index (κ2) is 5.40. The van der Waals surface area contributed by atoms with Gasteiger partial charge in [-0.15, -0.1) is 0 Å². The first-order chi connectivity index (χ1) is 10.5. The van der Waals surface area contributed by atoms with Gasteiger partial charge in [-0.2, -0.15) is 0 Å². The molecule has 7 nitrogen and oxygen atoms in total. The fraction of sp³-hybridized carbons (Fsp3) is 0.467. The minimum atomic E-state index is -1.29. The maximum atomic E-state index is 12.3. The Bertz CT molecular complexity index is 605. The van der Waals surface area contributed by atoms with Gasteiger partial charge in [-0.05, 0) is 43.6 Å². The number of hydrogen-bond donors (Lipinski definition) is 2. The van der Waals surface area contributed by atoms with Gasteiger partial charge in [-0.3, -0.25) is 14.9 Å². The summed E-state index contributed by atoms with van der Waals surface area (Å²) in [5.41, 5.74) is -0.619. The lowest BCUT2D eigenvalue weighted by molar-refractivity contribution is -0.384. The zero-order valence-corrected chi connectivity index (χ0v) is 11.8. The fourth-order valence-electron chi connectivity index (χ4n) is 2.74. The Morgan fingerprint density at radius 1 is 1.14 bits per heavy atom. The molecule has 1 aromatic carbocycles. The first-order valence-electron chi connectivity index (χ1n) is 7.29. The van der Waals surface area contributed by atoms with Crippen LogP contribution in [-0.4, -0.2) is 27.9 Å². The predicted molar refractivity (Wildman–Crippen MR) is 76.8 cm³/mol. The zero-order valence-electron chi connectivity index (χ0n) is 11.8. The Kier molecular flexibility index (Phi) is 3.56. The summed E-state index contributed by atoms with van der Waals surface area (Å²) < 4.78 is 0. The predicted octanol–water partition coefficient (Wildman–Crippen LogP) is 2.21. The van der Waals surface area contributed by atoms with Crippen LogP contribution in [0.2, 0.25) is 0 Å². The highest BCUT2D eigenvalue weighted by Gasteiger charge is 2.42. The highest BCUT2D eigenvalue weighted by Crippen LogP contribution is 2.44. The average molecular weight is 304 g/mol. The van der Waals surface area contributed by atoms with Crippen molar-refractivity contribution in [2.24, 2.45) is 11.8 Å². The minimum absolute atomic E-state index is 0.0258. The molecular formula is C15H16N2O5. The van der Waals surface area contributed by atoms with Crippen LogP contribution in [0.3, 0.4) is 0 Å². The van der Waals surface area contributed by atoms with Gasteiger partial charge >= 0.3 is 5.97 Å². The van der Waals surface area contributed by atoms with Crippen LogP contribution >= 0.6 is 0 Å². The lowest BCUT2D eigenvalue weighted by atomic mass is 10.0. The summed E-state index contributed by atoms with van der Waals surface area (Å²) in [6.45, 7) is 0. The van der Waals surface area contributed by atoms with E-state index in [2.05, 4.69) is 5.32 Å². The van der Waals surface area contributed by atoms with Crippen molar-refractivity contribution in [3.05, 3.63) is 39.4 Å². The summed E-state index contributed by atoms with van der Waals surface area (Å²) in [6.07, 6.45) is 4.38. The van der Waals surface area contributed by atoms with Crippen LogP contribution in [0.25, 0.3) is 0 Å². The van der Waals surface area contributed by atoms with E-state index in [-0.39, 0.29) is 22.9 Å². The number of nitro benzene ring substituents is 1. The van der Waals surface area contributed by atoms with E-state index >= 15 is 0 Å². The van der Waals surface area contributed by atoms with E-state index in [0.29, 0.717) is 11.8 Å². The van der Waals surface area contributed by atoms with E-state index in [1.54, 1.807) is 0 Å². The summed E-state index contributed by atoms with van der Waals surface area (Å²) >= 11 is 0. The number of nitro groups is 1. The van der Waals surface area contributed by atoms with Crippen molar-refractivity contribution in [2.45, 2.75) is 31.7 Å². The van der Waals surface area contributed by atoms with Crippen LogP contribution < -0.4 is 5.32 Å². The van der Waals surface area contributed by atoms with Crippen LogP contribution in [0.4, 0.5) is 5.69 Å². The molecule has 2 aliphatic carbocycles. The molecule has 0 radical (unpaired) electrons. The minimum Gasteiger partial charge on any atom is -0.478 e. The number of carboxylic acids is 1. The lowest BCUT2D eigenvalue weighted by Gasteiger charge is -2.17. The van der Waals surface area contributed by atoms with Crippen LogP contribution in [0.1, 0.15) is 46.4 Å². The molecule has 2 fully saturated rings. The number of rotatable bonds is 6. The average Bonchev–Trinajstić information content (AvgIpc) is 3.37. The Labute approximate surface area is 126 Å². The van der Waals surface area contributed by atoms with E-state index in [0.717, 1.165) is 37.8 Å². The standard InChI is InChI=1S/C15H16N2O5/c18-14(16-13(8-1-2-8)9-3-4-9)10-5-11(15(19)20)7-12(6-10)17(21)22/h5-9,13H,1-4H2,(H,16,18)(H,19,20). The van der Waals surface area contributed by atoms with E-state index in [4.69, 9.17) is 5.11 Å². The molecule has 0 atom stereocenters. The number of nitrogens with zero attached hydrogens (tertiary/aromatic N) is 1. The van der Waals surface area contributed by atoms with Gasteiger partial charge in [0.25, 0.3) is 11.6 Å². The number of aromatic carboxylic acids is 1. The normalized spacial score (nSPS) is 17.3. The second-order valence-corrected chi connectivity index (χ2v) is 6.00. The molecule has 22 heavy (non-hydrogen) atoms. The molecule has 2 saturated carbocycles. The maximum Gasteiger partial charge on any atom is 0.335 e. The van der Waals surface area contributed by atoms with Crippen molar-refractivity contribution in [1.82, 2.24) is 5.32 Å². The largest absolute Gasteiger partial charge is 0.478 e. The van der Waals surface area contributed by atoms with Gasteiger partial charge in [0.05, 0.1) is 10.5 Å². The highest BCUT2D eigenvalue weighted by molar-refractivity contribution is 5.98. The number of hydrogen-bond acceptors (Lipinski definition) is 4. The molecule has 3 rings (SSSR count). The third-order valence-corrected chi connectivity index (χ3v) is 4.20. The molecule has 0 bridgehead atoms. The zero-order chi connectivity index (χ0) is 15.9. The third kappa shape index (κ3) is 3.08. The number of amides is 1. The van der Waals surface area contributed by atoms with Crippen LogP contribution in [0.15, 0.2) is 18.2 Å². The molecule has 0 spiro atoms. The second-order valence-electron chi connectivity index (χ2n) is 6.00. The lowest BCUT2D eigenvalue weighted by Crippen LogP contribution is -2.38.